The zero-order chi connectivity index (χ0) is 25.6. The number of hydrogen-bond acceptors (Lipinski definition) is 4. The lowest BCUT2D eigenvalue weighted by Gasteiger charge is -2.36. The highest BCUT2D eigenvalue weighted by molar-refractivity contribution is 5.93. The van der Waals surface area contributed by atoms with Gasteiger partial charge in [-0.05, 0) is 76.5 Å². The Balaban J connectivity index is 2.45. The lowest BCUT2D eigenvalue weighted by Crippen LogP contribution is -2.55. The van der Waals surface area contributed by atoms with Crippen molar-refractivity contribution in [1.82, 2.24) is 15.5 Å². The number of aryl methyl sites for hydroxylation is 1. The first-order chi connectivity index (χ1) is 15.9. The van der Waals surface area contributed by atoms with Crippen molar-refractivity contribution in [3.8, 4) is 0 Å². The summed E-state index contributed by atoms with van der Waals surface area (Å²) in [6.07, 6.45) is 2.89. The van der Waals surface area contributed by atoms with Crippen LogP contribution in [0, 0.1) is 19.8 Å². The molecular weight excluding hydrogens is 430 g/mol. The van der Waals surface area contributed by atoms with Crippen molar-refractivity contribution in [2.75, 3.05) is 6.54 Å². The van der Waals surface area contributed by atoms with E-state index in [2.05, 4.69) is 17.6 Å². The van der Waals surface area contributed by atoms with E-state index in [0.717, 1.165) is 42.4 Å². The maximum absolute atomic E-state index is 14.0. The van der Waals surface area contributed by atoms with E-state index in [1.54, 1.807) is 25.7 Å². The number of rotatable bonds is 10. The standard InChI is InChI=1S/C27H43N3O4/c1-9-10-16-28-24(31)23(21-13-11-12-18(4)19(21)5)30(20-14-15-20)25(32)22(17(2)3)29-26(33)34-27(6,7)8/h11-13,17,20,22-23H,9-10,14-16H2,1-8H3,(H,28,31)(H,29,33). The first-order valence-corrected chi connectivity index (χ1v) is 12.5. The van der Waals surface area contributed by atoms with Gasteiger partial charge in [-0.15, -0.1) is 0 Å². The second-order valence-corrected chi connectivity index (χ2v) is 10.7. The summed E-state index contributed by atoms with van der Waals surface area (Å²) in [5, 5.41) is 5.82. The summed E-state index contributed by atoms with van der Waals surface area (Å²) in [5.41, 5.74) is 2.22. The molecule has 0 heterocycles. The van der Waals surface area contributed by atoms with Gasteiger partial charge in [-0.1, -0.05) is 45.4 Å². The Labute approximate surface area is 205 Å². The molecule has 1 aliphatic carbocycles. The van der Waals surface area contributed by atoms with Gasteiger partial charge in [0.2, 0.25) is 11.8 Å². The summed E-state index contributed by atoms with van der Waals surface area (Å²) in [7, 11) is 0. The van der Waals surface area contributed by atoms with Gasteiger partial charge >= 0.3 is 6.09 Å². The zero-order valence-corrected chi connectivity index (χ0v) is 22.2. The third kappa shape index (κ3) is 7.47. The second kappa shape index (κ2) is 11.7. The minimum absolute atomic E-state index is 0.0315. The lowest BCUT2D eigenvalue weighted by atomic mass is 9.94. The fraction of sp³-hybridized carbons (Fsp3) is 0.667. The van der Waals surface area contributed by atoms with Crippen LogP contribution in [-0.2, 0) is 14.3 Å². The maximum Gasteiger partial charge on any atom is 0.408 e. The zero-order valence-electron chi connectivity index (χ0n) is 22.2. The monoisotopic (exact) mass is 473 g/mol. The molecule has 7 nitrogen and oxygen atoms in total. The highest BCUT2D eigenvalue weighted by Crippen LogP contribution is 2.37. The van der Waals surface area contributed by atoms with E-state index in [1.807, 2.05) is 45.9 Å². The molecule has 3 amide bonds. The topological polar surface area (TPSA) is 87.7 Å². The number of nitrogens with zero attached hydrogens (tertiary/aromatic N) is 1. The van der Waals surface area contributed by atoms with E-state index in [1.165, 1.54) is 0 Å². The molecular formula is C27H43N3O4. The molecule has 7 heteroatoms. The average molecular weight is 474 g/mol. The SMILES string of the molecule is CCCCNC(=O)C(c1cccc(C)c1C)N(C(=O)C(NC(=O)OC(C)(C)C)C(C)C)C1CC1. The number of alkyl carbamates (subject to hydrolysis) is 1. The molecule has 0 saturated heterocycles. The van der Waals surface area contributed by atoms with Crippen LogP contribution in [0.3, 0.4) is 0 Å². The lowest BCUT2D eigenvalue weighted by molar-refractivity contribution is -0.144. The van der Waals surface area contributed by atoms with Gasteiger partial charge < -0.3 is 20.3 Å². The van der Waals surface area contributed by atoms with E-state index < -0.39 is 23.8 Å². The first-order valence-electron chi connectivity index (χ1n) is 12.5. The van der Waals surface area contributed by atoms with Crippen LogP contribution in [0.2, 0.25) is 0 Å². The van der Waals surface area contributed by atoms with Crippen molar-refractivity contribution in [2.24, 2.45) is 5.92 Å². The van der Waals surface area contributed by atoms with E-state index in [4.69, 9.17) is 4.74 Å². The Morgan fingerprint density at radius 1 is 1.15 bits per heavy atom. The smallest absolute Gasteiger partial charge is 0.408 e. The van der Waals surface area contributed by atoms with Gasteiger partial charge in [0.25, 0.3) is 0 Å². The van der Waals surface area contributed by atoms with Crippen LogP contribution in [-0.4, -0.2) is 47.0 Å². The molecule has 1 aromatic rings. The minimum Gasteiger partial charge on any atom is -0.444 e. The summed E-state index contributed by atoms with van der Waals surface area (Å²) >= 11 is 0. The van der Waals surface area contributed by atoms with Crippen molar-refractivity contribution < 1.29 is 19.1 Å². The molecule has 2 rings (SSSR count). The Hall–Kier alpha value is -2.57. The molecule has 1 fully saturated rings. The van der Waals surface area contributed by atoms with Crippen molar-refractivity contribution in [2.45, 2.75) is 105 Å². The van der Waals surface area contributed by atoms with Crippen molar-refractivity contribution in [3.63, 3.8) is 0 Å². The van der Waals surface area contributed by atoms with Gasteiger partial charge in [-0.3, -0.25) is 9.59 Å². The molecule has 190 valence electrons. The van der Waals surface area contributed by atoms with Crippen molar-refractivity contribution in [1.29, 1.82) is 0 Å². The molecule has 0 spiro atoms. The number of nitrogens with one attached hydrogen (secondary N) is 2. The predicted molar refractivity (Wildman–Crippen MR) is 134 cm³/mol. The fourth-order valence-corrected chi connectivity index (χ4v) is 3.95. The minimum atomic E-state index is -0.800. The molecule has 0 aliphatic heterocycles. The van der Waals surface area contributed by atoms with Gasteiger partial charge in [0.05, 0.1) is 0 Å². The summed E-state index contributed by atoms with van der Waals surface area (Å²) in [6, 6.07) is 4.29. The first kappa shape index (κ1) is 27.7. The van der Waals surface area contributed by atoms with Gasteiger partial charge in [-0.25, -0.2) is 4.79 Å². The van der Waals surface area contributed by atoms with Crippen molar-refractivity contribution in [3.05, 3.63) is 34.9 Å². The second-order valence-electron chi connectivity index (χ2n) is 10.7. The normalized spacial score (nSPS) is 15.4. The molecule has 2 atom stereocenters. The fourth-order valence-electron chi connectivity index (χ4n) is 3.95. The van der Waals surface area contributed by atoms with Gasteiger partial charge in [0.1, 0.15) is 17.7 Å². The number of unbranched alkanes of at least 4 members (excludes halogenated alkanes) is 1. The van der Waals surface area contributed by atoms with Crippen molar-refractivity contribution >= 4 is 17.9 Å². The van der Waals surface area contributed by atoms with E-state index in [9.17, 15) is 14.4 Å². The van der Waals surface area contributed by atoms with Crippen LogP contribution < -0.4 is 10.6 Å². The molecule has 0 aromatic heterocycles. The predicted octanol–water partition coefficient (Wildman–Crippen LogP) is 4.80. The Morgan fingerprint density at radius 3 is 2.32 bits per heavy atom. The van der Waals surface area contributed by atoms with Crippen LogP contribution in [0.25, 0.3) is 0 Å². The third-order valence-corrected chi connectivity index (χ3v) is 6.10. The Bertz CT molecular complexity index is 871. The van der Waals surface area contributed by atoms with E-state index >= 15 is 0 Å². The van der Waals surface area contributed by atoms with Crippen LogP contribution in [0.15, 0.2) is 18.2 Å². The molecule has 1 saturated carbocycles. The molecule has 0 radical (unpaired) electrons. The molecule has 34 heavy (non-hydrogen) atoms. The van der Waals surface area contributed by atoms with E-state index in [-0.39, 0.29) is 23.8 Å². The van der Waals surface area contributed by atoms with Gasteiger partial charge in [0.15, 0.2) is 0 Å². The number of ether oxygens (including phenoxy) is 1. The maximum atomic E-state index is 14.0. The summed E-state index contributed by atoms with van der Waals surface area (Å²) in [6.45, 7) is 15.8. The van der Waals surface area contributed by atoms with Gasteiger partial charge in [0, 0.05) is 12.6 Å². The molecule has 1 aromatic carbocycles. The van der Waals surface area contributed by atoms with Crippen LogP contribution >= 0.6 is 0 Å². The molecule has 0 bridgehead atoms. The summed E-state index contributed by atoms with van der Waals surface area (Å²) in [4.78, 5) is 41.8. The van der Waals surface area contributed by atoms with Crippen LogP contribution in [0.4, 0.5) is 4.79 Å². The number of carbonyl (C=O) groups is 3. The van der Waals surface area contributed by atoms with Crippen LogP contribution in [0.1, 0.15) is 90.0 Å². The van der Waals surface area contributed by atoms with E-state index in [0.29, 0.717) is 6.54 Å². The number of benzene rings is 1. The third-order valence-electron chi connectivity index (χ3n) is 6.10. The van der Waals surface area contributed by atoms with Gasteiger partial charge in [-0.2, -0.15) is 0 Å². The Kier molecular flexibility index (Phi) is 9.54. The average Bonchev–Trinajstić information content (AvgIpc) is 3.55. The van der Waals surface area contributed by atoms with Crippen LogP contribution in [0.5, 0.6) is 0 Å². The Morgan fingerprint density at radius 2 is 1.79 bits per heavy atom. The highest BCUT2D eigenvalue weighted by Gasteiger charge is 2.45. The number of carbonyl (C=O) groups excluding carboxylic acids is 3. The number of hydrogen-bond donors (Lipinski definition) is 2. The summed E-state index contributed by atoms with van der Waals surface area (Å²) in [5.74, 6) is -0.606. The molecule has 2 unspecified atom stereocenters. The number of amides is 3. The quantitative estimate of drug-likeness (QED) is 0.478. The molecule has 1 aliphatic rings. The largest absolute Gasteiger partial charge is 0.444 e. The highest BCUT2D eigenvalue weighted by atomic mass is 16.6. The molecule has 2 N–H and O–H groups in total. The summed E-state index contributed by atoms with van der Waals surface area (Å²) < 4.78 is 5.42.